The van der Waals surface area contributed by atoms with Gasteiger partial charge in [0.05, 0.1) is 17.8 Å². The molecule has 2 aromatic rings. The minimum Gasteiger partial charge on any atom is -0.508 e. The average Bonchev–Trinajstić information content (AvgIpc) is 2.42. The molecule has 0 atom stereocenters. The first-order valence-electron chi connectivity index (χ1n) is 5.96. The van der Waals surface area contributed by atoms with E-state index in [4.69, 9.17) is 16.3 Å². The second-order valence-electron chi connectivity index (χ2n) is 4.30. The number of phenols is 1. The number of amides is 1. The Balaban J connectivity index is 2.24. The molecule has 2 rings (SSSR count). The van der Waals surface area contributed by atoms with Crippen LogP contribution in [-0.2, 0) is 0 Å². The fourth-order valence-corrected chi connectivity index (χ4v) is 1.98. The molecule has 20 heavy (non-hydrogen) atoms. The van der Waals surface area contributed by atoms with E-state index < -0.39 is 0 Å². The number of carbonyl (C=O) groups excluding carboxylic acids is 1. The maximum Gasteiger partial charge on any atom is 0.255 e. The zero-order valence-corrected chi connectivity index (χ0v) is 11.9. The van der Waals surface area contributed by atoms with Gasteiger partial charge in [0, 0.05) is 11.6 Å². The number of rotatable bonds is 3. The number of ether oxygens (including phenoxy) is 1. The first-order valence-corrected chi connectivity index (χ1v) is 6.33. The maximum atomic E-state index is 12.1. The van der Waals surface area contributed by atoms with Crippen molar-refractivity contribution in [1.82, 2.24) is 0 Å². The zero-order valence-electron chi connectivity index (χ0n) is 11.1. The van der Waals surface area contributed by atoms with Gasteiger partial charge in [0.1, 0.15) is 11.5 Å². The van der Waals surface area contributed by atoms with Crippen LogP contribution < -0.4 is 10.1 Å². The average molecular weight is 292 g/mol. The number of carbonyl (C=O) groups is 1. The molecule has 1 amide bonds. The summed E-state index contributed by atoms with van der Waals surface area (Å²) in [5.74, 6) is 0.398. The first-order chi connectivity index (χ1) is 9.51. The molecule has 4 nitrogen and oxygen atoms in total. The Hall–Kier alpha value is -2.20. The third-order valence-electron chi connectivity index (χ3n) is 2.87. The van der Waals surface area contributed by atoms with Crippen LogP contribution in [0.4, 0.5) is 5.69 Å². The number of aromatic hydroxyl groups is 1. The van der Waals surface area contributed by atoms with Crippen LogP contribution in [0.2, 0.25) is 5.02 Å². The monoisotopic (exact) mass is 291 g/mol. The van der Waals surface area contributed by atoms with E-state index in [2.05, 4.69) is 5.32 Å². The van der Waals surface area contributed by atoms with E-state index in [1.165, 1.54) is 12.1 Å². The van der Waals surface area contributed by atoms with Crippen LogP contribution in [0.15, 0.2) is 36.4 Å². The van der Waals surface area contributed by atoms with Crippen LogP contribution in [0.3, 0.4) is 0 Å². The predicted octanol–water partition coefficient (Wildman–Crippen LogP) is 3.61. The van der Waals surface area contributed by atoms with Crippen molar-refractivity contribution < 1.29 is 14.6 Å². The zero-order chi connectivity index (χ0) is 14.7. The second kappa shape index (κ2) is 5.84. The summed E-state index contributed by atoms with van der Waals surface area (Å²) in [5.41, 5.74) is 1.86. The Morgan fingerprint density at radius 1 is 1.25 bits per heavy atom. The minimum atomic E-state index is -0.295. The molecule has 2 N–H and O–H groups in total. The quantitative estimate of drug-likeness (QED) is 0.849. The number of halogens is 1. The number of hydrogen-bond acceptors (Lipinski definition) is 3. The van der Waals surface area contributed by atoms with Gasteiger partial charge in [-0.3, -0.25) is 4.79 Å². The van der Waals surface area contributed by atoms with Gasteiger partial charge in [-0.15, -0.1) is 0 Å². The molecule has 0 unspecified atom stereocenters. The van der Waals surface area contributed by atoms with Gasteiger partial charge >= 0.3 is 0 Å². The fraction of sp³-hybridized carbons (Fsp3) is 0.133. The smallest absolute Gasteiger partial charge is 0.255 e. The van der Waals surface area contributed by atoms with E-state index in [1.807, 2.05) is 13.0 Å². The lowest BCUT2D eigenvalue weighted by Gasteiger charge is -2.10. The second-order valence-corrected chi connectivity index (χ2v) is 4.71. The Kier molecular flexibility index (Phi) is 4.15. The molecular formula is C15H14ClNO3. The molecule has 2 aromatic carbocycles. The Bertz CT molecular complexity index is 656. The van der Waals surface area contributed by atoms with Crippen molar-refractivity contribution in [3.8, 4) is 11.5 Å². The van der Waals surface area contributed by atoms with Crippen LogP contribution in [0.25, 0.3) is 0 Å². The molecule has 104 valence electrons. The van der Waals surface area contributed by atoms with E-state index in [0.717, 1.165) is 5.56 Å². The predicted molar refractivity (Wildman–Crippen MR) is 78.8 cm³/mol. The number of benzene rings is 2. The molecule has 0 fully saturated rings. The highest BCUT2D eigenvalue weighted by Gasteiger charge is 2.11. The highest BCUT2D eigenvalue weighted by atomic mass is 35.5. The molecule has 0 heterocycles. The van der Waals surface area contributed by atoms with Gasteiger partial charge in [-0.05, 0) is 36.8 Å². The standard InChI is InChI=1S/C15H14ClNO3/c1-9-3-4-10(7-14(9)20-2)15(19)17-13-6-5-11(18)8-12(13)16/h3-8,18H,1-2H3,(H,17,19). The molecule has 0 bridgehead atoms. The lowest BCUT2D eigenvalue weighted by Crippen LogP contribution is -2.12. The molecule has 0 aliphatic heterocycles. The van der Waals surface area contributed by atoms with Crippen molar-refractivity contribution in [2.24, 2.45) is 0 Å². The van der Waals surface area contributed by atoms with Crippen molar-refractivity contribution in [1.29, 1.82) is 0 Å². The topological polar surface area (TPSA) is 58.6 Å². The SMILES string of the molecule is COc1cc(C(=O)Nc2ccc(O)cc2Cl)ccc1C. The van der Waals surface area contributed by atoms with E-state index in [1.54, 1.807) is 25.3 Å². The largest absolute Gasteiger partial charge is 0.508 e. The third kappa shape index (κ3) is 3.03. The molecule has 0 saturated heterocycles. The molecular weight excluding hydrogens is 278 g/mol. The van der Waals surface area contributed by atoms with Crippen LogP contribution in [0.1, 0.15) is 15.9 Å². The van der Waals surface area contributed by atoms with Crippen molar-refractivity contribution in [2.75, 3.05) is 12.4 Å². The summed E-state index contributed by atoms with van der Waals surface area (Å²) in [6.07, 6.45) is 0. The van der Waals surface area contributed by atoms with Gasteiger partial charge in [-0.2, -0.15) is 0 Å². The van der Waals surface area contributed by atoms with Crippen LogP contribution in [0.5, 0.6) is 11.5 Å². The van der Waals surface area contributed by atoms with Crippen molar-refractivity contribution >= 4 is 23.2 Å². The third-order valence-corrected chi connectivity index (χ3v) is 3.18. The lowest BCUT2D eigenvalue weighted by molar-refractivity contribution is 0.102. The fourth-order valence-electron chi connectivity index (χ4n) is 1.76. The van der Waals surface area contributed by atoms with Gasteiger partial charge in [-0.1, -0.05) is 17.7 Å². The summed E-state index contributed by atoms with van der Waals surface area (Å²) in [5, 5.41) is 12.2. The van der Waals surface area contributed by atoms with Crippen LogP contribution in [-0.4, -0.2) is 18.1 Å². The summed E-state index contributed by atoms with van der Waals surface area (Å²) in [6.45, 7) is 1.90. The number of hydrogen-bond donors (Lipinski definition) is 2. The summed E-state index contributed by atoms with van der Waals surface area (Å²) >= 11 is 5.95. The number of nitrogens with one attached hydrogen (secondary N) is 1. The molecule has 0 aromatic heterocycles. The first kappa shape index (κ1) is 14.2. The molecule has 0 spiro atoms. The Labute approximate surface area is 122 Å². The minimum absolute atomic E-state index is 0.0463. The molecule has 0 saturated carbocycles. The maximum absolute atomic E-state index is 12.1. The Morgan fingerprint density at radius 3 is 2.65 bits per heavy atom. The van der Waals surface area contributed by atoms with Crippen molar-refractivity contribution in [3.63, 3.8) is 0 Å². The summed E-state index contributed by atoms with van der Waals surface area (Å²) < 4.78 is 5.19. The molecule has 0 radical (unpaired) electrons. The van der Waals surface area contributed by atoms with Gasteiger partial charge in [0.25, 0.3) is 5.91 Å². The summed E-state index contributed by atoms with van der Waals surface area (Å²) in [4.78, 5) is 12.1. The van der Waals surface area contributed by atoms with E-state index >= 15 is 0 Å². The number of aryl methyl sites for hydroxylation is 1. The summed E-state index contributed by atoms with van der Waals surface area (Å²) in [6, 6.07) is 9.55. The number of methoxy groups -OCH3 is 1. The highest BCUT2D eigenvalue weighted by Crippen LogP contribution is 2.27. The lowest BCUT2D eigenvalue weighted by atomic mass is 10.1. The normalized spacial score (nSPS) is 10.2. The molecule has 0 aliphatic carbocycles. The summed E-state index contributed by atoms with van der Waals surface area (Å²) in [7, 11) is 1.56. The van der Waals surface area contributed by atoms with E-state index in [9.17, 15) is 9.90 Å². The van der Waals surface area contributed by atoms with Gasteiger partial charge < -0.3 is 15.2 Å². The van der Waals surface area contributed by atoms with Gasteiger partial charge in [0.15, 0.2) is 0 Å². The van der Waals surface area contributed by atoms with Crippen LogP contribution >= 0.6 is 11.6 Å². The molecule has 0 aliphatic rings. The van der Waals surface area contributed by atoms with Gasteiger partial charge in [-0.25, -0.2) is 0 Å². The Morgan fingerprint density at radius 2 is 2.00 bits per heavy atom. The van der Waals surface area contributed by atoms with Crippen LogP contribution in [0, 0.1) is 6.92 Å². The van der Waals surface area contributed by atoms with Crippen molar-refractivity contribution in [3.05, 3.63) is 52.5 Å². The van der Waals surface area contributed by atoms with Crippen molar-refractivity contribution in [2.45, 2.75) is 6.92 Å². The van der Waals surface area contributed by atoms with E-state index in [-0.39, 0.29) is 16.7 Å². The van der Waals surface area contributed by atoms with Gasteiger partial charge in [0.2, 0.25) is 0 Å². The number of anilines is 1. The van der Waals surface area contributed by atoms with E-state index in [0.29, 0.717) is 17.0 Å². The highest BCUT2D eigenvalue weighted by molar-refractivity contribution is 6.34. The number of phenolic OH excluding ortho intramolecular Hbond substituents is 1. The molecule has 5 heteroatoms.